The van der Waals surface area contributed by atoms with Gasteiger partial charge >= 0.3 is 6.01 Å². The average Bonchev–Trinajstić information content (AvgIpc) is 3.34. The molecular weight excluding hydrogens is 626 g/mol. The molecule has 0 radical (unpaired) electrons. The molecule has 2 N–H and O–H groups in total. The van der Waals surface area contributed by atoms with Gasteiger partial charge in [-0.15, -0.1) is 0 Å². The Hall–Kier alpha value is -2.86. The van der Waals surface area contributed by atoms with E-state index >= 15 is 8.78 Å². The Morgan fingerprint density at radius 2 is 1.91 bits per heavy atom. The van der Waals surface area contributed by atoms with Gasteiger partial charge in [-0.25, -0.2) is 13.2 Å². The van der Waals surface area contributed by atoms with E-state index in [1.54, 1.807) is 13.0 Å². The number of aromatic amines is 1. The number of fused-ring (bicyclic) bond motifs is 4. The minimum absolute atomic E-state index is 0.0374. The van der Waals surface area contributed by atoms with Crippen molar-refractivity contribution in [1.82, 2.24) is 30.4 Å². The highest BCUT2D eigenvalue weighted by molar-refractivity contribution is 6.37. The van der Waals surface area contributed by atoms with Crippen LogP contribution >= 0.6 is 23.2 Å². The highest BCUT2D eigenvalue weighted by Gasteiger charge is 2.46. The van der Waals surface area contributed by atoms with Crippen LogP contribution in [0.5, 0.6) is 6.01 Å². The van der Waals surface area contributed by atoms with Crippen molar-refractivity contribution < 1.29 is 17.9 Å². The van der Waals surface area contributed by atoms with E-state index in [-0.39, 0.29) is 50.2 Å². The van der Waals surface area contributed by atoms with E-state index in [9.17, 15) is 4.39 Å². The quantitative estimate of drug-likeness (QED) is 0.231. The highest BCUT2D eigenvalue weighted by atomic mass is 35.5. The smallest absolute Gasteiger partial charge is 0.319 e. The molecular formula is C32H34Cl2F3N7O. The Labute approximate surface area is 268 Å². The molecule has 0 amide bonds. The Morgan fingerprint density at radius 3 is 2.64 bits per heavy atom. The third-order valence-electron chi connectivity index (χ3n) is 10.2. The van der Waals surface area contributed by atoms with Gasteiger partial charge in [0.1, 0.15) is 23.3 Å². The number of piperazine rings is 1. The van der Waals surface area contributed by atoms with Crippen molar-refractivity contribution in [2.75, 3.05) is 44.2 Å². The van der Waals surface area contributed by atoms with Gasteiger partial charge in [-0.1, -0.05) is 23.2 Å². The molecule has 5 heterocycles. The van der Waals surface area contributed by atoms with E-state index < -0.39 is 17.8 Å². The van der Waals surface area contributed by atoms with Crippen LogP contribution in [-0.4, -0.2) is 82.1 Å². The molecule has 13 heteroatoms. The zero-order chi connectivity index (χ0) is 31.2. The molecule has 45 heavy (non-hydrogen) atoms. The monoisotopic (exact) mass is 659 g/mol. The number of benzene rings is 2. The van der Waals surface area contributed by atoms with Crippen molar-refractivity contribution in [3.8, 4) is 17.1 Å². The normalized spacial score (nSPS) is 26.0. The summed E-state index contributed by atoms with van der Waals surface area (Å²) in [4.78, 5) is 13.6. The first-order chi connectivity index (χ1) is 21.5. The number of likely N-dealkylation sites (tertiary alicyclic amines) is 1. The maximum Gasteiger partial charge on any atom is 0.319 e. The molecule has 1 aliphatic carbocycles. The number of nitrogens with zero attached hydrogens (tertiary/aromatic N) is 5. The van der Waals surface area contributed by atoms with E-state index in [2.05, 4.69) is 37.2 Å². The maximum absolute atomic E-state index is 16.9. The topological polar surface area (TPSA) is 82.2 Å². The zero-order valence-corrected chi connectivity index (χ0v) is 26.6. The summed E-state index contributed by atoms with van der Waals surface area (Å²) in [7, 11) is 0. The van der Waals surface area contributed by atoms with Gasteiger partial charge in [0.15, 0.2) is 11.0 Å². The van der Waals surface area contributed by atoms with Crippen LogP contribution in [0.2, 0.25) is 10.2 Å². The fraction of sp³-hybridized carbons (Fsp3) is 0.531. The van der Waals surface area contributed by atoms with Gasteiger partial charge in [0.25, 0.3) is 0 Å². The van der Waals surface area contributed by atoms with Crippen molar-refractivity contribution >= 4 is 50.8 Å². The second-order valence-corrected chi connectivity index (χ2v) is 14.6. The largest absolute Gasteiger partial charge is 0.463 e. The third kappa shape index (κ3) is 5.10. The predicted molar refractivity (Wildman–Crippen MR) is 169 cm³/mol. The van der Waals surface area contributed by atoms with Crippen LogP contribution in [0.4, 0.5) is 19.0 Å². The Morgan fingerprint density at radius 1 is 1.09 bits per heavy atom. The third-order valence-corrected chi connectivity index (χ3v) is 10.9. The number of aromatic nitrogens is 4. The molecule has 3 saturated heterocycles. The van der Waals surface area contributed by atoms with Crippen molar-refractivity contribution in [2.45, 2.75) is 63.7 Å². The lowest BCUT2D eigenvalue weighted by Gasteiger charge is -2.40. The van der Waals surface area contributed by atoms with Crippen molar-refractivity contribution in [3.05, 3.63) is 39.5 Å². The van der Waals surface area contributed by atoms with E-state index in [4.69, 9.17) is 32.9 Å². The fourth-order valence-electron chi connectivity index (χ4n) is 7.67. The van der Waals surface area contributed by atoms with Gasteiger partial charge in [-0.2, -0.15) is 15.1 Å². The van der Waals surface area contributed by atoms with Gasteiger partial charge in [0.05, 0.1) is 17.7 Å². The first-order valence-electron chi connectivity index (χ1n) is 15.6. The summed E-state index contributed by atoms with van der Waals surface area (Å²) in [6, 6.07) is 3.23. The van der Waals surface area contributed by atoms with Crippen molar-refractivity contribution in [2.24, 2.45) is 5.41 Å². The van der Waals surface area contributed by atoms with Gasteiger partial charge in [0.2, 0.25) is 0 Å². The Balaban J connectivity index is 1.24. The lowest BCUT2D eigenvalue weighted by Crippen LogP contribution is -2.58. The first-order valence-corrected chi connectivity index (χ1v) is 16.3. The number of H-pyrrole nitrogens is 1. The molecule has 4 aromatic rings. The summed E-state index contributed by atoms with van der Waals surface area (Å²) in [6.45, 7) is 7.39. The van der Waals surface area contributed by atoms with E-state index in [0.29, 0.717) is 60.0 Å². The van der Waals surface area contributed by atoms with Crippen LogP contribution in [-0.2, 0) is 0 Å². The molecule has 1 saturated carbocycles. The Bertz CT molecular complexity index is 1850. The van der Waals surface area contributed by atoms with Gasteiger partial charge in [0, 0.05) is 71.1 Å². The van der Waals surface area contributed by atoms with Crippen LogP contribution in [0.3, 0.4) is 0 Å². The van der Waals surface area contributed by atoms with Crippen LogP contribution in [0.25, 0.3) is 32.9 Å². The number of hydrogen-bond donors (Lipinski definition) is 2. The Kier molecular flexibility index (Phi) is 6.95. The molecule has 3 atom stereocenters. The molecule has 3 aliphatic heterocycles. The summed E-state index contributed by atoms with van der Waals surface area (Å²) in [6.07, 6.45) is 3.69. The molecule has 238 valence electrons. The molecule has 0 unspecified atom stereocenters. The summed E-state index contributed by atoms with van der Waals surface area (Å²) < 4.78 is 53.2. The van der Waals surface area contributed by atoms with Crippen LogP contribution < -0.4 is 15.0 Å². The molecule has 2 aromatic carbocycles. The molecule has 4 aliphatic rings. The molecule has 8 rings (SSSR count). The predicted octanol–water partition coefficient (Wildman–Crippen LogP) is 6.60. The minimum Gasteiger partial charge on any atom is -0.463 e. The van der Waals surface area contributed by atoms with Gasteiger partial charge in [-0.3, -0.25) is 10.00 Å². The zero-order valence-electron chi connectivity index (χ0n) is 25.1. The van der Waals surface area contributed by atoms with Crippen molar-refractivity contribution in [3.63, 3.8) is 0 Å². The number of nitrogens with one attached hydrogen (secondary N) is 2. The number of anilines is 1. The molecule has 2 aromatic heterocycles. The van der Waals surface area contributed by atoms with Gasteiger partial charge < -0.3 is 15.0 Å². The summed E-state index contributed by atoms with van der Waals surface area (Å²) in [5.41, 5.74) is 0.576. The number of alkyl halides is 1. The maximum atomic E-state index is 16.9. The second-order valence-electron chi connectivity index (χ2n) is 13.8. The van der Waals surface area contributed by atoms with Crippen LogP contribution in [0.15, 0.2) is 12.1 Å². The summed E-state index contributed by atoms with van der Waals surface area (Å²) in [5.74, 6) is -1.18. The summed E-state index contributed by atoms with van der Waals surface area (Å²) in [5, 5.41) is 11.6. The number of halogens is 5. The first kappa shape index (κ1) is 29.5. The van der Waals surface area contributed by atoms with Crippen LogP contribution in [0.1, 0.15) is 44.6 Å². The standard InChI is InChI=1S/C32H34Cl2F3N7O/c1-16-20(33)10-22-25(28(34)42-41-22)23(16)24-21(36)9-19-27(26(24)37)38-30(39-29(19)44-12-18-3-5-31(2,13-44)40-18)45-15-32(6-7-32)14-43-8-4-17(35)11-43/h9-10,17-18,40H,3-8,11-15H2,1-2H3,(H,41,42)/t17-,18-,31+/m1/s1. The number of ether oxygens (including phenoxy) is 1. The van der Waals surface area contributed by atoms with Gasteiger partial charge in [-0.05, 0) is 63.6 Å². The van der Waals surface area contributed by atoms with E-state index in [0.717, 1.165) is 38.8 Å². The number of hydrogen-bond acceptors (Lipinski definition) is 7. The lowest BCUT2D eigenvalue weighted by atomic mass is 9.94. The van der Waals surface area contributed by atoms with E-state index in [1.807, 2.05) is 0 Å². The lowest BCUT2D eigenvalue weighted by molar-refractivity contribution is 0.165. The highest BCUT2D eigenvalue weighted by Crippen LogP contribution is 2.48. The average molecular weight is 661 g/mol. The van der Waals surface area contributed by atoms with E-state index in [1.165, 1.54) is 6.07 Å². The molecule has 0 spiro atoms. The SMILES string of the molecule is Cc1c(Cl)cc2[nH]nc(Cl)c2c1-c1c(F)cc2c(N3C[C@H]4CC[C@@](C)(C3)N4)nc(OCC3(CN4CC[C@@H](F)C4)CC3)nc2c1F. The minimum atomic E-state index is -0.848. The number of rotatable bonds is 7. The van der Waals surface area contributed by atoms with Crippen LogP contribution in [0, 0.1) is 24.0 Å². The molecule has 8 nitrogen and oxygen atoms in total. The molecule has 4 fully saturated rings. The second kappa shape index (κ2) is 10.6. The fourth-order valence-corrected chi connectivity index (χ4v) is 8.12. The van der Waals surface area contributed by atoms with Crippen molar-refractivity contribution in [1.29, 1.82) is 0 Å². The summed E-state index contributed by atoms with van der Waals surface area (Å²) >= 11 is 12.9. The molecule has 2 bridgehead atoms.